The Kier molecular flexibility index (Phi) is 6.69. The smallest absolute Gasteiger partial charge is 0.262 e. The Morgan fingerprint density at radius 3 is 2.61 bits per heavy atom. The van der Waals surface area contributed by atoms with E-state index in [1.165, 1.54) is 0 Å². The minimum atomic E-state index is -0.283. The van der Waals surface area contributed by atoms with Crippen molar-refractivity contribution in [1.82, 2.24) is 4.90 Å². The van der Waals surface area contributed by atoms with Gasteiger partial charge in [0.05, 0.1) is 11.3 Å². The van der Waals surface area contributed by atoms with Gasteiger partial charge in [-0.2, -0.15) is 0 Å². The highest BCUT2D eigenvalue weighted by Gasteiger charge is 2.23. The Morgan fingerprint density at radius 1 is 1.11 bits per heavy atom. The van der Waals surface area contributed by atoms with E-state index in [9.17, 15) is 9.59 Å². The van der Waals surface area contributed by atoms with Crippen molar-refractivity contribution in [1.29, 1.82) is 0 Å². The summed E-state index contributed by atoms with van der Waals surface area (Å²) in [5.41, 5.74) is 2.21. The molecular weight excluding hydrogens is 352 g/mol. The molecule has 0 saturated carbocycles. The number of amides is 2. The van der Waals surface area contributed by atoms with E-state index in [1.54, 1.807) is 12.1 Å². The summed E-state index contributed by atoms with van der Waals surface area (Å²) >= 11 is 0. The topological polar surface area (TPSA) is 58.6 Å². The van der Waals surface area contributed by atoms with E-state index in [1.807, 2.05) is 41.3 Å². The third kappa shape index (κ3) is 5.12. The number of carbonyl (C=O) groups excluding carboxylic acids is 2. The summed E-state index contributed by atoms with van der Waals surface area (Å²) in [4.78, 5) is 27.1. The minimum Gasteiger partial charge on any atom is -0.484 e. The number of para-hydroxylation sites is 1. The highest BCUT2D eigenvalue weighted by Crippen LogP contribution is 2.22. The first-order chi connectivity index (χ1) is 13.6. The zero-order valence-corrected chi connectivity index (χ0v) is 16.6. The number of benzene rings is 2. The first kappa shape index (κ1) is 19.9. The van der Waals surface area contributed by atoms with Crippen LogP contribution in [0.4, 0.5) is 5.69 Å². The molecule has 2 aromatic rings. The SMILES string of the molecule is CCc1cccc(OCC(=O)Nc2ccccc2C(=O)N2CCC(C)CC2)c1. The van der Waals surface area contributed by atoms with Crippen molar-refractivity contribution in [2.24, 2.45) is 5.92 Å². The molecule has 28 heavy (non-hydrogen) atoms. The van der Waals surface area contributed by atoms with Gasteiger partial charge in [0, 0.05) is 13.1 Å². The summed E-state index contributed by atoms with van der Waals surface area (Å²) in [6, 6.07) is 14.9. The molecule has 5 nitrogen and oxygen atoms in total. The van der Waals surface area contributed by atoms with Crippen molar-refractivity contribution < 1.29 is 14.3 Å². The van der Waals surface area contributed by atoms with Crippen LogP contribution in [0.25, 0.3) is 0 Å². The van der Waals surface area contributed by atoms with Crippen LogP contribution in [-0.2, 0) is 11.2 Å². The molecule has 0 unspecified atom stereocenters. The number of anilines is 1. The van der Waals surface area contributed by atoms with Crippen LogP contribution in [0.5, 0.6) is 5.75 Å². The van der Waals surface area contributed by atoms with E-state index in [2.05, 4.69) is 19.2 Å². The number of nitrogens with zero attached hydrogens (tertiary/aromatic N) is 1. The second-order valence-corrected chi connectivity index (χ2v) is 7.36. The van der Waals surface area contributed by atoms with Crippen LogP contribution in [0.2, 0.25) is 0 Å². The predicted octanol–water partition coefficient (Wildman–Crippen LogP) is 4.14. The first-order valence-electron chi connectivity index (χ1n) is 9.96. The van der Waals surface area contributed by atoms with Crippen LogP contribution in [0, 0.1) is 5.92 Å². The Hall–Kier alpha value is -2.82. The summed E-state index contributed by atoms with van der Waals surface area (Å²) in [5.74, 6) is 1.01. The maximum atomic E-state index is 12.9. The fourth-order valence-electron chi connectivity index (χ4n) is 3.35. The zero-order valence-electron chi connectivity index (χ0n) is 16.6. The summed E-state index contributed by atoms with van der Waals surface area (Å²) in [6.45, 7) is 5.71. The quantitative estimate of drug-likeness (QED) is 0.819. The van der Waals surface area contributed by atoms with Gasteiger partial charge in [0.15, 0.2) is 6.61 Å². The first-order valence-corrected chi connectivity index (χ1v) is 9.96. The molecule has 1 N–H and O–H groups in total. The van der Waals surface area contributed by atoms with Crippen LogP contribution >= 0.6 is 0 Å². The average molecular weight is 380 g/mol. The molecule has 3 rings (SSSR count). The number of carbonyl (C=O) groups is 2. The fraction of sp³-hybridized carbons (Fsp3) is 0.391. The lowest BCUT2D eigenvalue weighted by atomic mass is 9.98. The monoisotopic (exact) mass is 380 g/mol. The number of rotatable bonds is 6. The van der Waals surface area contributed by atoms with Gasteiger partial charge in [0.1, 0.15) is 5.75 Å². The number of hydrogen-bond acceptors (Lipinski definition) is 3. The molecule has 1 heterocycles. The number of nitrogens with one attached hydrogen (secondary N) is 1. The van der Waals surface area contributed by atoms with Gasteiger partial charge in [-0.05, 0) is 55.0 Å². The summed E-state index contributed by atoms with van der Waals surface area (Å²) in [5, 5.41) is 2.83. The van der Waals surface area contributed by atoms with Gasteiger partial charge < -0.3 is 15.0 Å². The number of likely N-dealkylation sites (tertiary alicyclic amines) is 1. The van der Waals surface area contributed by atoms with Crippen molar-refractivity contribution in [3.05, 3.63) is 59.7 Å². The summed E-state index contributed by atoms with van der Waals surface area (Å²) in [7, 11) is 0. The molecule has 0 aliphatic carbocycles. The number of hydrogen-bond donors (Lipinski definition) is 1. The Bertz CT molecular complexity index is 826. The number of ether oxygens (including phenoxy) is 1. The van der Waals surface area contributed by atoms with Crippen molar-refractivity contribution in [3.8, 4) is 5.75 Å². The second kappa shape index (κ2) is 9.40. The third-order valence-corrected chi connectivity index (χ3v) is 5.18. The van der Waals surface area contributed by atoms with Gasteiger partial charge in [0.25, 0.3) is 11.8 Å². The lowest BCUT2D eigenvalue weighted by Gasteiger charge is -2.30. The lowest BCUT2D eigenvalue weighted by Crippen LogP contribution is -2.38. The maximum absolute atomic E-state index is 12.9. The fourth-order valence-corrected chi connectivity index (χ4v) is 3.35. The predicted molar refractivity (Wildman–Crippen MR) is 111 cm³/mol. The van der Waals surface area contributed by atoms with E-state index in [0.29, 0.717) is 22.9 Å². The molecule has 1 aliphatic rings. The largest absolute Gasteiger partial charge is 0.484 e. The van der Waals surface area contributed by atoms with E-state index >= 15 is 0 Å². The molecule has 148 valence electrons. The minimum absolute atomic E-state index is 0.0284. The molecule has 0 spiro atoms. The standard InChI is InChI=1S/C23H28N2O3/c1-3-18-7-6-8-19(15-18)28-16-22(26)24-21-10-5-4-9-20(21)23(27)25-13-11-17(2)12-14-25/h4-10,15,17H,3,11-14,16H2,1-2H3,(H,24,26). The average Bonchev–Trinajstić information content (AvgIpc) is 2.73. The molecule has 1 saturated heterocycles. The molecule has 2 aromatic carbocycles. The summed E-state index contributed by atoms with van der Waals surface area (Å²) in [6.07, 6.45) is 2.95. The van der Waals surface area contributed by atoms with Crippen molar-refractivity contribution in [2.75, 3.05) is 25.0 Å². The van der Waals surface area contributed by atoms with Gasteiger partial charge in [-0.15, -0.1) is 0 Å². The van der Waals surface area contributed by atoms with E-state index in [0.717, 1.165) is 37.9 Å². The van der Waals surface area contributed by atoms with E-state index < -0.39 is 0 Å². The Balaban J connectivity index is 1.62. The van der Waals surface area contributed by atoms with Crippen LogP contribution in [0.15, 0.2) is 48.5 Å². The van der Waals surface area contributed by atoms with Gasteiger partial charge in [0.2, 0.25) is 0 Å². The molecule has 0 atom stereocenters. The van der Waals surface area contributed by atoms with Crippen molar-refractivity contribution in [2.45, 2.75) is 33.1 Å². The maximum Gasteiger partial charge on any atom is 0.262 e. The highest BCUT2D eigenvalue weighted by molar-refractivity contribution is 6.04. The van der Waals surface area contributed by atoms with E-state index in [4.69, 9.17) is 4.74 Å². The highest BCUT2D eigenvalue weighted by atomic mass is 16.5. The van der Waals surface area contributed by atoms with Crippen LogP contribution in [-0.4, -0.2) is 36.4 Å². The van der Waals surface area contributed by atoms with Gasteiger partial charge in [-0.25, -0.2) is 0 Å². The molecule has 1 fully saturated rings. The normalized spacial score (nSPS) is 14.6. The van der Waals surface area contributed by atoms with Gasteiger partial charge >= 0.3 is 0 Å². The van der Waals surface area contributed by atoms with Crippen LogP contribution in [0.1, 0.15) is 42.6 Å². The molecular formula is C23H28N2O3. The lowest BCUT2D eigenvalue weighted by molar-refractivity contribution is -0.118. The molecule has 0 aromatic heterocycles. The van der Waals surface area contributed by atoms with Crippen molar-refractivity contribution >= 4 is 17.5 Å². The van der Waals surface area contributed by atoms with Crippen molar-refractivity contribution in [3.63, 3.8) is 0 Å². The van der Waals surface area contributed by atoms with Gasteiger partial charge in [-0.1, -0.05) is 38.1 Å². The number of aryl methyl sites for hydroxylation is 1. The Labute approximate surface area is 166 Å². The molecule has 5 heteroatoms. The molecule has 2 amide bonds. The summed E-state index contributed by atoms with van der Waals surface area (Å²) < 4.78 is 5.60. The van der Waals surface area contributed by atoms with Crippen LogP contribution in [0.3, 0.4) is 0 Å². The van der Waals surface area contributed by atoms with E-state index in [-0.39, 0.29) is 18.4 Å². The second-order valence-electron chi connectivity index (χ2n) is 7.36. The molecule has 0 radical (unpaired) electrons. The van der Waals surface area contributed by atoms with Crippen LogP contribution < -0.4 is 10.1 Å². The molecule has 0 bridgehead atoms. The molecule has 1 aliphatic heterocycles. The number of piperidine rings is 1. The Morgan fingerprint density at radius 2 is 1.86 bits per heavy atom. The van der Waals surface area contributed by atoms with Gasteiger partial charge in [-0.3, -0.25) is 9.59 Å². The zero-order chi connectivity index (χ0) is 19.9. The third-order valence-electron chi connectivity index (χ3n) is 5.18.